The van der Waals surface area contributed by atoms with Gasteiger partial charge in [-0.1, -0.05) is 5.16 Å². The molecular weight excluding hydrogens is 999 g/mol. The highest BCUT2D eigenvalue weighted by Crippen LogP contribution is 2.42. The molecule has 4 aromatic rings. The van der Waals surface area contributed by atoms with E-state index in [1.165, 1.54) is 37.0 Å². The van der Waals surface area contributed by atoms with Crippen molar-refractivity contribution in [3.8, 4) is 0 Å². The number of rotatable bonds is 24. The van der Waals surface area contributed by atoms with Crippen LogP contribution in [0.25, 0.3) is 5.65 Å². The van der Waals surface area contributed by atoms with Gasteiger partial charge in [-0.05, 0) is 36.9 Å². The summed E-state index contributed by atoms with van der Waals surface area (Å²) in [4.78, 5) is 40.3. The second kappa shape index (κ2) is 24.2. The van der Waals surface area contributed by atoms with Gasteiger partial charge in [-0.2, -0.15) is 31.4 Å². The summed E-state index contributed by atoms with van der Waals surface area (Å²) >= 11 is 0. The minimum Gasteiger partial charge on any atom is -0.388 e. The van der Waals surface area contributed by atoms with Crippen LogP contribution in [0, 0.1) is 12.8 Å². The highest BCUT2D eigenvalue weighted by Gasteiger charge is 2.54. The van der Waals surface area contributed by atoms with E-state index in [2.05, 4.69) is 45.6 Å². The van der Waals surface area contributed by atoms with Crippen molar-refractivity contribution in [3.05, 3.63) is 59.2 Å². The quantitative estimate of drug-likeness (QED) is 0.0578. The molecule has 22 nitrogen and oxygen atoms in total. The van der Waals surface area contributed by atoms with Gasteiger partial charge in [-0.25, -0.2) is 32.7 Å². The number of methoxy groups -OCH3 is 1. The van der Waals surface area contributed by atoms with Crippen LogP contribution in [0.4, 0.5) is 45.7 Å². The maximum absolute atomic E-state index is 14.5. The number of aromatic nitrogens is 7. The Balaban J connectivity index is 0.833. The van der Waals surface area contributed by atoms with Crippen molar-refractivity contribution in [2.75, 3.05) is 91.6 Å². The van der Waals surface area contributed by atoms with E-state index >= 15 is 0 Å². The highest BCUT2D eigenvalue weighted by atomic mass is 19.4. The molecule has 0 aromatic carbocycles. The first-order valence-corrected chi connectivity index (χ1v) is 23.1. The average molecular weight is 1050 g/mol. The molecule has 0 bridgehead atoms. The van der Waals surface area contributed by atoms with E-state index in [1.807, 2.05) is 0 Å². The molecule has 1 aliphatic carbocycles. The molecular formula is C43H55F8N11O11. The van der Waals surface area contributed by atoms with Gasteiger partial charge in [0.1, 0.15) is 35.9 Å². The van der Waals surface area contributed by atoms with Gasteiger partial charge in [0.15, 0.2) is 17.0 Å². The Morgan fingerprint density at radius 1 is 0.932 bits per heavy atom. The van der Waals surface area contributed by atoms with Crippen LogP contribution in [0.15, 0.2) is 35.5 Å². The molecule has 30 heteroatoms. The topological polar surface area (TPSA) is 255 Å². The Morgan fingerprint density at radius 3 is 2.26 bits per heavy atom. The van der Waals surface area contributed by atoms with E-state index in [0.29, 0.717) is 16.7 Å². The number of carbonyl (C=O) groups excluding carboxylic acids is 2. The standard InChI is InChI=1S/C43H55F8N11O11/c1-24-35(59-73-58-24)39(65)57-36(25-3-5-41(44,45)6-4-25)27-19-62-34(55-27)15-26(16-53-62)29(22-67-2)61-20-32(43(49,50)51)60(40(61)66)7-8-68-9-10-69-11-12-70-13-14-71-23-30-38(64)37(63)28(21-72-30)54-33-18-52-17-31(56-33)42(46,47)48/h15-19,25,28-30,32,36-38,63-64H,3-14,20-23H2,1-2H3,(H,54,56)(H,57,65)/t28-,29+,30+,32-,36-,37+,38-/m0/s1. The third-order valence-corrected chi connectivity index (χ3v) is 12.5. The summed E-state index contributed by atoms with van der Waals surface area (Å²) < 4.78 is 150. The van der Waals surface area contributed by atoms with E-state index in [4.69, 9.17) is 28.4 Å². The number of hydrogen-bond donors (Lipinski definition) is 4. The van der Waals surface area contributed by atoms with E-state index < -0.39 is 110 Å². The van der Waals surface area contributed by atoms with Gasteiger partial charge in [-0.3, -0.25) is 9.78 Å². The zero-order valence-electron chi connectivity index (χ0n) is 39.4. The number of aliphatic hydroxyl groups excluding tert-OH is 2. The second-order valence-corrected chi connectivity index (χ2v) is 17.6. The van der Waals surface area contributed by atoms with Gasteiger partial charge in [-0.15, -0.1) is 0 Å². The third kappa shape index (κ3) is 14.2. The maximum Gasteiger partial charge on any atom is 0.434 e. The minimum atomic E-state index is -4.80. The van der Waals surface area contributed by atoms with Crippen LogP contribution in [0.2, 0.25) is 0 Å². The number of aryl methyl sites for hydroxylation is 1. The molecule has 3 amide bonds. The van der Waals surface area contributed by atoms with Crippen LogP contribution in [-0.2, 0) is 34.6 Å². The Bertz CT molecular complexity index is 2430. The number of fused-ring (bicyclic) bond motifs is 1. The Morgan fingerprint density at radius 2 is 1.62 bits per heavy atom. The fourth-order valence-electron chi connectivity index (χ4n) is 8.64. The van der Waals surface area contributed by atoms with E-state index in [9.17, 15) is 54.9 Å². The molecule has 0 radical (unpaired) electrons. The number of hydrogen-bond acceptors (Lipinski definition) is 18. The summed E-state index contributed by atoms with van der Waals surface area (Å²) in [5.74, 6) is -4.22. The number of alkyl halides is 8. The van der Waals surface area contributed by atoms with Crippen LogP contribution in [-0.4, -0.2) is 196 Å². The van der Waals surface area contributed by atoms with Gasteiger partial charge in [0.05, 0.1) is 121 Å². The Labute approximate surface area is 410 Å². The molecule has 7 atom stereocenters. The number of amides is 3. The van der Waals surface area contributed by atoms with E-state index in [0.717, 1.165) is 11.1 Å². The Hall–Kier alpha value is -5.50. The second-order valence-electron chi connectivity index (χ2n) is 17.6. The SMILES string of the molecule is COC[C@H](c1cnn2cc([C@@H](NC(=O)c3nonc3C)C3CCC(F)(F)CC3)nc2c1)N1C[C@@H](C(F)(F)F)N(CCOCCOCCOCCOC[C@H]2OC[C@H](Nc3cncc(C(F)(F)F)n3)[C@@H](O)[C@H]2O)C1=O. The molecule has 0 unspecified atom stereocenters. The normalized spacial score (nSPS) is 22.8. The largest absolute Gasteiger partial charge is 0.434 e. The average Bonchev–Trinajstić information content (AvgIpc) is 4.07. The fraction of sp³-hybridized carbons (Fsp3) is 0.674. The predicted octanol–water partition coefficient (Wildman–Crippen LogP) is 3.55. The smallest absolute Gasteiger partial charge is 0.388 e. The molecule has 2 saturated heterocycles. The number of urea groups is 1. The van der Waals surface area contributed by atoms with Gasteiger partial charge >= 0.3 is 18.4 Å². The first kappa shape index (κ1) is 55.3. The van der Waals surface area contributed by atoms with Crippen LogP contribution in [0.3, 0.4) is 0 Å². The van der Waals surface area contributed by atoms with Crippen molar-refractivity contribution in [1.29, 1.82) is 0 Å². The molecule has 0 spiro atoms. The van der Waals surface area contributed by atoms with Gasteiger partial charge in [0.25, 0.3) is 5.91 Å². The molecule has 2 aliphatic heterocycles. The Kier molecular flexibility index (Phi) is 18.3. The van der Waals surface area contributed by atoms with Crippen LogP contribution in [0.5, 0.6) is 0 Å². The summed E-state index contributed by atoms with van der Waals surface area (Å²) in [5, 5.41) is 38.1. The van der Waals surface area contributed by atoms with Crippen LogP contribution in [0.1, 0.15) is 70.9 Å². The number of imidazole rings is 1. The summed E-state index contributed by atoms with van der Waals surface area (Å²) in [6.45, 7) is 0.133. The lowest BCUT2D eigenvalue weighted by Gasteiger charge is -2.38. The van der Waals surface area contributed by atoms with Crippen molar-refractivity contribution < 1.29 is 88.0 Å². The minimum absolute atomic E-state index is 0.00998. The predicted molar refractivity (Wildman–Crippen MR) is 232 cm³/mol. The highest BCUT2D eigenvalue weighted by molar-refractivity contribution is 5.93. The molecule has 4 aromatic heterocycles. The molecule has 1 saturated carbocycles. The van der Waals surface area contributed by atoms with Crippen LogP contribution >= 0.6 is 0 Å². The number of nitrogens with one attached hydrogen (secondary N) is 2. The molecule has 7 rings (SSSR count). The van der Waals surface area contributed by atoms with Crippen molar-refractivity contribution in [1.82, 2.24) is 50.0 Å². The third-order valence-electron chi connectivity index (χ3n) is 12.5. The zero-order valence-corrected chi connectivity index (χ0v) is 39.4. The number of aliphatic hydroxyl groups is 2. The molecule has 3 aliphatic rings. The summed E-state index contributed by atoms with van der Waals surface area (Å²) in [7, 11) is 1.33. The molecule has 4 N–H and O–H groups in total. The van der Waals surface area contributed by atoms with Crippen molar-refractivity contribution >= 4 is 23.4 Å². The molecule has 73 heavy (non-hydrogen) atoms. The fourth-order valence-corrected chi connectivity index (χ4v) is 8.64. The maximum atomic E-state index is 14.5. The summed E-state index contributed by atoms with van der Waals surface area (Å²) in [5.41, 5.74) is -0.321. The number of anilines is 1. The number of nitrogens with zero attached hydrogens (tertiary/aromatic N) is 9. The zero-order chi connectivity index (χ0) is 52.5. The van der Waals surface area contributed by atoms with Gasteiger partial charge in [0.2, 0.25) is 5.92 Å². The number of ether oxygens (including phenoxy) is 6. The lowest BCUT2D eigenvalue weighted by Crippen LogP contribution is -2.57. The molecule has 3 fully saturated rings. The van der Waals surface area contributed by atoms with Gasteiger partial charge in [0, 0.05) is 32.1 Å². The number of halogens is 8. The summed E-state index contributed by atoms with van der Waals surface area (Å²) in [6, 6.07) is -4.45. The van der Waals surface area contributed by atoms with Crippen molar-refractivity contribution in [2.24, 2.45) is 5.92 Å². The van der Waals surface area contributed by atoms with E-state index in [1.54, 1.807) is 0 Å². The van der Waals surface area contributed by atoms with Crippen LogP contribution < -0.4 is 10.6 Å². The first-order valence-electron chi connectivity index (χ1n) is 23.1. The summed E-state index contributed by atoms with van der Waals surface area (Å²) in [6.07, 6.45) is -9.50. The number of carbonyl (C=O) groups is 2. The lowest BCUT2D eigenvalue weighted by atomic mass is 9.81. The van der Waals surface area contributed by atoms with Crippen molar-refractivity contribution in [2.45, 2.75) is 93.4 Å². The van der Waals surface area contributed by atoms with Gasteiger partial charge < -0.3 is 59.1 Å². The lowest BCUT2D eigenvalue weighted by molar-refractivity contribution is -0.170. The van der Waals surface area contributed by atoms with Crippen molar-refractivity contribution in [3.63, 3.8) is 0 Å². The molecule has 404 valence electrons. The molecule has 6 heterocycles. The monoisotopic (exact) mass is 1050 g/mol. The van der Waals surface area contributed by atoms with E-state index in [-0.39, 0.29) is 107 Å². The first-order chi connectivity index (χ1) is 34.7.